The van der Waals surface area contributed by atoms with E-state index in [4.69, 9.17) is 16.3 Å². The Kier molecular flexibility index (Phi) is 8.13. The average Bonchev–Trinajstić information content (AvgIpc) is 2.77. The van der Waals surface area contributed by atoms with Gasteiger partial charge in [-0.3, -0.25) is 9.10 Å². The fraction of sp³-hybridized carbons (Fsp3) is 0.417. The Hall–Kier alpha value is -3.25. The summed E-state index contributed by atoms with van der Waals surface area (Å²) in [6.07, 6.45) is 0.441. The van der Waals surface area contributed by atoms with Crippen molar-refractivity contribution in [2.75, 3.05) is 24.7 Å². The van der Waals surface area contributed by atoms with Gasteiger partial charge in [-0.05, 0) is 65.0 Å². The van der Waals surface area contributed by atoms with Crippen LogP contribution in [0.3, 0.4) is 0 Å². The molecule has 3 rings (SSSR count). The minimum Gasteiger partial charge on any atom is -0.442 e. The lowest BCUT2D eigenvalue weighted by Crippen LogP contribution is -2.61. The molecule has 1 aromatic heterocycles. The standard InChI is InChI=1S/C24H30ClFN6O4S/c1-7-28-37(35)14-24(5,31-21(32(37)6)30-22(34)36-23(2,3)4)17-12-16(9-10-18(17)26)29-20(33)19-11-8-15(25)13-27-19/h8-13H,7,14H2,1-6H3,(H,29,33)(H,30,31,34)/t24-,37?/m0/s1. The maximum atomic E-state index is 15.2. The molecule has 0 bridgehead atoms. The van der Waals surface area contributed by atoms with E-state index in [9.17, 15) is 13.8 Å². The highest BCUT2D eigenvalue weighted by Crippen LogP contribution is 2.33. The van der Waals surface area contributed by atoms with Gasteiger partial charge in [-0.2, -0.15) is 0 Å². The number of nitrogens with one attached hydrogen (secondary N) is 2. The third-order valence-corrected chi connectivity index (χ3v) is 8.16. The summed E-state index contributed by atoms with van der Waals surface area (Å²) in [6.45, 7) is 8.66. The Labute approximate surface area is 221 Å². The van der Waals surface area contributed by atoms with Crippen molar-refractivity contribution in [2.45, 2.75) is 45.8 Å². The Bertz CT molecular complexity index is 1350. The van der Waals surface area contributed by atoms with Crippen LogP contribution < -0.4 is 10.6 Å². The number of nitrogens with zero attached hydrogens (tertiary/aromatic N) is 4. The molecule has 1 unspecified atom stereocenters. The maximum Gasteiger partial charge on any atom is 0.437 e. The number of pyridine rings is 1. The predicted octanol–water partition coefficient (Wildman–Crippen LogP) is 4.57. The smallest absolute Gasteiger partial charge is 0.437 e. The molecule has 2 aromatic rings. The number of benzene rings is 1. The minimum atomic E-state index is -3.13. The van der Waals surface area contributed by atoms with Gasteiger partial charge in [0.1, 0.15) is 27.0 Å². The zero-order valence-electron chi connectivity index (χ0n) is 21.5. The Balaban J connectivity index is 2.02. The van der Waals surface area contributed by atoms with Crippen LogP contribution in [0.5, 0.6) is 0 Å². The number of carbonyl (C=O) groups is 2. The van der Waals surface area contributed by atoms with Gasteiger partial charge >= 0.3 is 6.09 Å². The highest BCUT2D eigenvalue weighted by atomic mass is 35.5. The van der Waals surface area contributed by atoms with E-state index in [2.05, 4.69) is 25.0 Å². The van der Waals surface area contributed by atoms with Gasteiger partial charge in [0.25, 0.3) is 5.91 Å². The van der Waals surface area contributed by atoms with Crippen molar-refractivity contribution in [3.63, 3.8) is 0 Å². The quantitative estimate of drug-likeness (QED) is 0.572. The van der Waals surface area contributed by atoms with Gasteiger partial charge < -0.3 is 15.4 Å². The fourth-order valence-electron chi connectivity index (χ4n) is 3.65. The first-order chi connectivity index (χ1) is 17.2. The van der Waals surface area contributed by atoms with Crippen molar-refractivity contribution in [2.24, 2.45) is 9.36 Å². The summed E-state index contributed by atoms with van der Waals surface area (Å²) in [4.78, 5) is 33.0. The van der Waals surface area contributed by atoms with Gasteiger partial charge in [0.05, 0.1) is 16.3 Å². The summed E-state index contributed by atoms with van der Waals surface area (Å²) in [5.74, 6) is -1.33. The number of aliphatic imine (C=N–C) groups is 1. The van der Waals surface area contributed by atoms with Crippen molar-refractivity contribution >= 4 is 45.2 Å². The van der Waals surface area contributed by atoms with Crippen LogP contribution in [0.4, 0.5) is 14.9 Å². The summed E-state index contributed by atoms with van der Waals surface area (Å²) in [5.41, 5.74) is -1.62. The van der Waals surface area contributed by atoms with Crippen molar-refractivity contribution in [3.8, 4) is 0 Å². The number of anilines is 1. The topological polar surface area (TPSA) is 125 Å². The van der Waals surface area contributed by atoms with E-state index >= 15 is 4.39 Å². The zero-order chi connectivity index (χ0) is 27.6. The molecule has 200 valence electrons. The SMILES string of the molecule is CCN=S1(=O)C[C@@](C)(c2cc(NC(=O)c3ccc(Cl)cn3)ccc2F)N/C(=N\C(=O)OC(C)(C)C)N1C. The van der Waals surface area contributed by atoms with Gasteiger partial charge in [0.15, 0.2) is 0 Å². The van der Waals surface area contributed by atoms with Gasteiger partial charge in [0, 0.05) is 31.0 Å². The third-order valence-electron chi connectivity index (χ3n) is 5.29. The highest BCUT2D eigenvalue weighted by Gasteiger charge is 2.43. The molecule has 1 aliphatic heterocycles. The monoisotopic (exact) mass is 552 g/mol. The Morgan fingerprint density at radius 3 is 2.62 bits per heavy atom. The first-order valence-electron chi connectivity index (χ1n) is 11.4. The lowest BCUT2D eigenvalue weighted by Gasteiger charge is -2.42. The van der Waals surface area contributed by atoms with E-state index < -0.39 is 38.9 Å². The minimum absolute atomic E-state index is 0.0793. The molecule has 2 amide bonds. The summed E-state index contributed by atoms with van der Waals surface area (Å²) in [5, 5.41) is 6.10. The van der Waals surface area contributed by atoms with Crippen LogP contribution in [-0.2, 0) is 20.2 Å². The van der Waals surface area contributed by atoms with Crippen molar-refractivity contribution in [1.82, 2.24) is 14.6 Å². The second-order valence-corrected chi connectivity index (χ2v) is 12.3. The van der Waals surface area contributed by atoms with Crippen LogP contribution in [0.25, 0.3) is 0 Å². The van der Waals surface area contributed by atoms with Gasteiger partial charge in [-0.15, -0.1) is 4.99 Å². The molecule has 37 heavy (non-hydrogen) atoms. The number of amides is 2. The lowest BCUT2D eigenvalue weighted by atomic mass is 9.93. The zero-order valence-corrected chi connectivity index (χ0v) is 23.0. The molecule has 1 aliphatic rings. The summed E-state index contributed by atoms with van der Waals surface area (Å²) < 4.78 is 39.9. The van der Waals surface area contributed by atoms with Crippen LogP contribution in [0, 0.1) is 5.82 Å². The van der Waals surface area contributed by atoms with E-state index in [0.717, 1.165) is 0 Å². The molecular formula is C24H30ClFN6O4S. The van der Waals surface area contributed by atoms with E-state index in [0.29, 0.717) is 5.02 Å². The first kappa shape index (κ1) is 28.3. The van der Waals surface area contributed by atoms with E-state index in [-0.39, 0.29) is 35.2 Å². The molecule has 13 heteroatoms. The van der Waals surface area contributed by atoms with Gasteiger partial charge in [-0.25, -0.2) is 22.7 Å². The number of hydrogen-bond acceptors (Lipinski definition) is 6. The predicted molar refractivity (Wildman–Crippen MR) is 141 cm³/mol. The van der Waals surface area contributed by atoms with E-state index in [1.165, 1.54) is 47.9 Å². The largest absolute Gasteiger partial charge is 0.442 e. The molecule has 1 fully saturated rings. The van der Waals surface area contributed by atoms with Crippen LogP contribution in [-0.4, -0.2) is 56.4 Å². The first-order valence-corrected chi connectivity index (χ1v) is 13.4. The van der Waals surface area contributed by atoms with Crippen LogP contribution >= 0.6 is 11.6 Å². The molecule has 10 nitrogen and oxygen atoms in total. The molecule has 2 heterocycles. The lowest BCUT2D eigenvalue weighted by molar-refractivity contribution is 0.0601. The highest BCUT2D eigenvalue weighted by molar-refractivity contribution is 7.92. The second kappa shape index (κ2) is 10.6. The van der Waals surface area contributed by atoms with Gasteiger partial charge in [-0.1, -0.05) is 11.6 Å². The maximum absolute atomic E-state index is 15.2. The van der Waals surface area contributed by atoms with Crippen LogP contribution in [0.1, 0.15) is 50.7 Å². The summed E-state index contributed by atoms with van der Waals surface area (Å²) >= 11 is 5.83. The Morgan fingerprint density at radius 1 is 1.32 bits per heavy atom. The summed E-state index contributed by atoms with van der Waals surface area (Å²) in [6, 6.07) is 7.01. The van der Waals surface area contributed by atoms with E-state index in [1.54, 1.807) is 34.6 Å². The fourth-order valence-corrected chi connectivity index (χ4v) is 5.96. The summed E-state index contributed by atoms with van der Waals surface area (Å²) in [7, 11) is -1.64. The molecule has 2 N–H and O–H groups in total. The van der Waals surface area contributed by atoms with E-state index in [1.807, 2.05) is 0 Å². The number of hydrogen-bond donors (Lipinski definition) is 2. The molecular weight excluding hydrogens is 523 g/mol. The van der Waals surface area contributed by atoms with Crippen molar-refractivity contribution < 1.29 is 22.9 Å². The molecule has 0 radical (unpaired) electrons. The normalized spacial score (nSPS) is 22.8. The second-order valence-electron chi connectivity index (χ2n) is 9.58. The Morgan fingerprint density at radius 2 is 2.03 bits per heavy atom. The number of guanidine groups is 1. The number of carbonyl (C=O) groups excluding carboxylic acids is 2. The molecule has 2 atom stereocenters. The molecule has 1 saturated heterocycles. The number of halogens is 2. The molecule has 1 aromatic carbocycles. The number of rotatable bonds is 4. The average molecular weight is 553 g/mol. The molecule has 0 spiro atoms. The van der Waals surface area contributed by atoms with Crippen molar-refractivity contribution in [3.05, 3.63) is 58.6 Å². The van der Waals surface area contributed by atoms with Crippen LogP contribution in [0.15, 0.2) is 45.9 Å². The number of aromatic nitrogens is 1. The number of ether oxygens (including phenoxy) is 1. The van der Waals surface area contributed by atoms with Crippen molar-refractivity contribution in [1.29, 1.82) is 0 Å². The molecule has 0 saturated carbocycles. The third kappa shape index (κ3) is 6.75. The van der Waals surface area contributed by atoms with Crippen LogP contribution in [0.2, 0.25) is 5.02 Å². The molecule has 0 aliphatic carbocycles. The van der Waals surface area contributed by atoms with Gasteiger partial charge in [0.2, 0.25) is 5.96 Å².